The van der Waals surface area contributed by atoms with Crippen molar-refractivity contribution in [1.82, 2.24) is 0 Å². The van der Waals surface area contributed by atoms with Gasteiger partial charge in [0.05, 0.1) is 51.5 Å². The van der Waals surface area contributed by atoms with Crippen molar-refractivity contribution >= 4 is 135 Å². The van der Waals surface area contributed by atoms with Crippen LogP contribution in [0.4, 0.5) is 0 Å². The van der Waals surface area contributed by atoms with E-state index >= 15 is 0 Å². The zero-order chi connectivity index (χ0) is 77.9. The van der Waals surface area contributed by atoms with E-state index in [4.69, 9.17) is 49.4 Å². The van der Waals surface area contributed by atoms with E-state index in [2.05, 4.69) is 60.1 Å². The van der Waals surface area contributed by atoms with Crippen LogP contribution in [-0.4, -0.2) is 233 Å². The maximum absolute atomic E-state index is 12.1. The Balaban J connectivity index is 10.7. The van der Waals surface area contributed by atoms with E-state index in [1.165, 1.54) is 0 Å². The molecule has 0 aromatic heterocycles. The predicted molar refractivity (Wildman–Crippen MR) is 440 cm³/mol. The Bertz CT molecular complexity index is 1920. The van der Waals surface area contributed by atoms with Crippen LogP contribution in [0, 0.1) is 0 Å². The standard InChI is InChI=1S/C61H156O21Si16/c1-38-50(62)83(13,14)74-96(75-84(15,16)51(63)39-2,76-85(17,18)52(64)40-3)59(47-10)92(31,32)71-95(37,72-93(33,34)60(48-11)97(77-86(19,20)53(65)41-4,78-87(21,22)54(66)42-5)79-88(23,24)55(67)43-6)73-94(35,36)61(49-12)98(80-89(25,26)56(68)44-7,81-90(27,28)57(69)45-8)82-91(29,30)58(70)46-9/h50-70H,38-49H2,1-37H3. The van der Waals surface area contributed by atoms with Gasteiger partial charge < -0.3 is 95.3 Å². The first kappa shape index (κ1) is 101. The summed E-state index contributed by atoms with van der Waals surface area (Å²) < 4.78 is 95.3. The SMILES string of the molecule is CCC(O)[Si](C)(C)O[Si](O[Si](C)(C)C(O)CC)(O[Si](C)(C)C(O)CC)C(CC)[Si](C)(C)O[Si](C)(O[Si](C)(C)C(CC)[Si](O[Si](C)(C)C(O)CC)(O[Si](C)(C)C(O)CC)O[Si](C)(C)C(O)CC)O[Si](C)(C)C(CC)[Si](O[Si](C)(C)C(O)CC)(O[Si](C)(C)C(O)CC)O[Si](C)(C)C(O)CC. The highest BCUT2D eigenvalue weighted by Gasteiger charge is 2.71. The first-order chi connectivity index (χ1) is 43.9. The molecule has 0 aliphatic heterocycles. The Labute approximate surface area is 616 Å². The second-order valence-corrected chi connectivity index (χ2v) is 99.9. The molecule has 0 amide bonds. The summed E-state index contributed by atoms with van der Waals surface area (Å²) >= 11 is 0. The monoisotopic (exact) mass is 1670 g/mol. The molecule has 12 unspecified atom stereocenters. The zero-order valence-corrected chi connectivity index (χ0v) is 85.3. The zero-order valence-electron chi connectivity index (χ0n) is 69.3. The number of rotatable bonds is 51. The normalized spacial score (nSPS) is 20.8. The lowest BCUT2D eigenvalue weighted by molar-refractivity contribution is 0.154. The van der Waals surface area contributed by atoms with Gasteiger partial charge in [0.2, 0.25) is 74.9 Å². The fourth-order valence-corrected chi connectivity index (χ4v) is 100. The van der Waals surface area contributed by atoms with Crippen LogP contribution in [-0.2, 0) is 49.4 Å². The average molecular weight is 1680 g/mol. The van der Waals surface area contributed by atoms with Crippen molar-refractivity contribution in [3.63, 3.8) is 0 Å². The van der Waals surface area contributed by atoms with E-state index in [0.717, 1.165) is 0 Å². The third kappa shape index (κ3) is 26.4. The van der Waals surface area contributed by atoms with Crippen molar-refractivity contribution in [1.29, 1.82) is 0 Å². The molecule has 0 radical (unpaired) electrons. The van der Waals surface area contributed by atoms with Gasteiger partial charge in [0.15, 0.2) is 25.0 Å². The van der Waals surface area contributed by atoms with Gasteiger partial charge in [-0.1, -0.05) is 83.1 Å². The summed E-state index contributed by atoms with van der Waals surface area (Å²) in [5, 5.41) is 107. The maximum Gasteiger partial charge on any atom is 0.472 e. The van der Waals surface area contributed by atoms with E-state index in [0.29, 0.717) is 77.0 Å². The molecule has 0 saturated heterocycles. The molecule has 37 heteroatoms. The average Bonchev–Trinajstić information content (AvgIpc) is 0.744. The Hall–Kier alpha value is 2.63. The van der Waals surface area contributed by atoms with Crippen molar-refractivity contribution in [2.24, 2.45) is 0 Å². The first-order valence-corrected chi connectivity index (χ1v) is 80.9. The largest absolute Gasteiger partial charge is 0.472 e. The minimum Gasteiger partial charge on any atom is -0.416 e. The quantitative estimate of drug-likeness (QED) is 0.0256. The van der Waals surface area contributed by atoms with E-state index in [9.17, 15) is 46.0 Å². The summed E-state index contributed by atoms with van der Waals surface area (Å²) in [6, 6.07) is 0. The molecule has 9 N–H and O–H groups in total. The van der Waals surface area contributed by atoms with Gasteiger partial charge in [-0.05, 0) is 234 Å². The van der Waals surface area contributed by atoms with Gasteiger partial charge in [-0.2, -0.15) is 0 Å². The molecule has 0 aromatic rings. The summed E-state index contributed by atoms with van der Waals surface area (Å²) in [5.41, 5.74) is -7.67. The lowest BCUT2D eigenvalue weighted by Crippen LogP contribution is -2.75. The highest BCUT2D eigenvalue weighted by molar-refractivity contribution is 7.05. The van der Waals surface area contributed by atoms with Crippen LogP contribution in [0.5, 0.6) is 0 Å². The van der Waals surface area contributed by atoms with Gasteiger partial charge in [0.1, 0.15) is 0 Å². The minimum atomic E-state index is -4.51. The number of aliphatic hydroxyl groups excluding tert-OH is 9. The van der Waals surface area contributed by atoms with Gasteiger partial charge in [0, 0.05) is 22.0 Å². The number of hydrogen-bond acceptors (Lipinski definition) is 21. The van der Waals surface area contributed by atoms with Crippen LogP contribution in [0.15, 0.2) is 0 Å². The minimum absolute atomic E-state index is 0.396. The third-order valence-corrected chi connectivity index (χ3v) is 98.3. The summed E-state index contributed by atoms with van der Waals surface area (Å²) in [5.74, 6) is 0. The second-order valence-electron chi connectivity index (χ2n) is 34.3. The van der Waals surface area contributed by atoms with Gasteiger partial charge in [-0.25, -0.2) is 0 Å². The molecule has 0 aromatic carbocycles. The molecule has 590 valence electrons. The fraction of sp³-hybridized carbons (Fsp3) is 1.00. The molecular formula is C61H156O21Si16. The van der Waals surface area contributed by atoms with E-state index in [-0.39, 0.29) is 0 Å². The van der Waals surface area contributed by atoms with Gasteiger partial charge >= 0.3 is 35.2 Å². The predicted octanol–water partition coefficient (Wildman–Crippen LogP) is 13.8. The van der Waals surface area contributed by atoms with E-state index < -0.39 is 202 Å². The molecular weight excluding hydrogens is 1520 g/mol. The molecule has 0 spiro atoms. The Kier molecular flexibility index (Phi) is 39.5. The maximum atomic E-state index is 12.1. The van der Waals surface area contributed by atoms with Gasteiger partial charge in [-0.3, -0.25) is 0 Å². The second kappa shape index (κ2) is 38.5. The summed E-state index contributed by atoms with van der Waals surface area (Å²) in [7, 11) is -58.4. The summed E-state index contributed by atoms with van der Waals surface area (Å²) in [6.45, 7) is 74.0. The summed E-state index contributed by atoms with van der Waals surface area (Å²) in [6.07, 6.45) is 4.80. The molecule has 0 aliphatic rings. The molecule has 0 heterocycles. The molecule has 21 nitrogen and oxygen atoms in total. The van der Waals surface area contributed by atoms with E-state index in [1.807, 2.05) is 187 Å². The van der Waals surface area contributed by atoms with Crippen molar-refractivity contribution < 1.29 is 95.3 Å². The van der Waals surface area contributed by atoms with Crippen molar-refractivity contribution in [3.8, 4) is 0 Å². The molecule has 0 fully saturated rings. The van der Waals surface area contributed by atoms with Crippen LogP contribution >= 0.6 is 0 Å². The topological polar surface area (TPSA) is 293 Å². The molecule has 0 aliphatic carbocycles. The van der Waals surface area contributed by atoms with Crippen LogP contribution in [0.2, 0.25) is 179 Å². The van der Waals surface area contributed by atoms with Gasteiger partial charge in [-0.15, -0.1) is 0 Å². The molecule has 0 bridgehead atoms. The Morgan fingerprint density at radius 2 is 0.265 bits per heavy atom. The van der Waals surface area contributed by atoms with Crippen molar-refractivity contribution in [2.45, 2.75) is 391 Å². The lowest BCUT2D eigenvalue weighted by atomic mass is 10.5. The summed E-state index contributed by atoms with van der Waals surface area (Å²) in [4.78, 5) is 0. The molecule has 98 heavy (non-hydrogen) atoms. The Morgan fingerprint density at radius 3 is 0.347 bits per heavy atom. The fourth-order valence-electron chi connectivity index (χ4n) is 14.4. The molecule has 12 atom stereocenters. The van der Waals surface area contributed by atoms with Crippen LogP contribution in [0.3, 0.4) is 0 Å². The van der Waals surface area contributed by atoms with Crippen LogP contribution in [0.1, 0.15) is 160 Å². The highest BCUT2D eigenvalue weighted by Crippen LogP contribution is 2.52. The lowest BCUT2D eigenvalue weighted by Gasteiger charge is -2.56. The van der Waals surface area contributed by atoms with Gasteiger partial charge in [0.25, 0.3) is 0 Å². The first-order valence-electron chi connectivity index (χ1n) is 37.4. The molecule has 0 rings (SSSR count). The third-order valence-electron chi connectivity index (χ3n) is 20.7. The van der Waals surface area contributed by atoms with Crippen molar-refractivity contribution in [2.75, 3.05) is 0 Å². The van der Waals surface area contributed by atoms with Crippen LogP contribution < -0.4 is 0 Å². The smallest absolute Gasteiger partial charge is 0.416 e. The Morgan fingerprint density at radius 1 is 0.163 bits per heavy atom. The highest BCUT2D eigenvalue weighted by atomic mass is 28.6. The van der Waals surface area contributed by atoms with Crippen LogP contribution in [0.25, 0.3) is 0 Å². The van der Waals surface area contributed by atoms with E-state index in [1.54, 1.807) is 0 Å². The number of hydrogen-bond donors (Lipinski definition) is 9. The van der Waals surface area contributed by atoms with Crippen molar-refractivity contribution in [3.05, 3.63) is 0 Å². The molecule has 0 saturated carbocycles. The number of aliphatic hydroxyl groups is 9.